The van der Waals surface area contributed by atoms with Crippen LogP contribution in [-0.4, -0.2) is 16.5 Å². The molecule has 0 aliphatic heterocycles. The standard InChI is InChI=1S/C15H18IN3O/c1-11(2)7-17-8-12-9-18-15(19-10-12)20-14-6-4-3-5-13(14)16/h3-6,9-11,17H,7-8H2,1-2H3. The van der Waals surface area contributed by atoms with Gasteiger partial charge in [-0.3, -0.25) is 0 Å². The van der Waals surface area contributed by atoms with Gasteiger partial charge < -0.3 is 10.1 Å². The summed E-state index contributed by atoms with van der Waals surface area (Å²) in [5.41, 5.74) is 1.06. The van der Waals surface area contributed by atoms with E-state index in [9.17, 15) is 0 Å². The summed E-state index contributed by atoms with van der Waals surface area (Å²) >= 11 is 2.23. The summed E-state index contributed by atoms with van der Waals surface area (Å²) < 4.78 is 6.70. The number of para-hydroxylation sites is 1. The zero-order chi connectivity index (χ0) is 14.4. The molecule has 0 spiro atoms. The van der Waals surface area contributed by atoms with Crippen molar-refractivity contribution in [2.45, 2.75) is 20.4 Å². The summed E-state index contributed by atoms with van der Waals surface area (Å²) in [4.78, 5) is 8.47. The average molecular weight is 383 g/mol. The fourth-order valence-corrected chi connectivity index (χ4v) is 2.12. The molecule has 20 heavy (non-hydrogen) atoms. The molecule has 0 saturated carbocycles. The quantitative estimate of drug-likeness (QED) is 0.775. The molecule has 1 heterocycles. The lowest BCUT2D eigenvalue weighted by Crippen LogP contribution is -2.19. The van der Waals surface area contributed by atoms with Crippen LogP contribution in [0, 0.1) is 9.49 Å². The van der Waals surface area contributed by atoms with Gasteiger partial charge >= 0.3 is 6.01 Å². The van der Waals surface area contributed by atoms with E-state index in [0.717, 1.165) is 28.0 Å². The maximum atomic E-state index is 5.66. The summed E-state index contributed by atoms with van der Waals surface area (Å²) in [6.07, 6.45) is 3.59. The molecule has 0 bridgehead atoms. The molecule has 5 heteroatoms. The van der Waals surface area contributed by atoms with Crippen LogP contribution in [0.15, 0.2) is 36.7 Å². The predicted molar refractivity (Wildman–Crippen MR) is 87.8 cm³/mol. The van der Waals surface area contributed by atoms with E-state index in [4.69, 9.17) is 4.74 Å². The Morgan fingerprint density at radius 1 is 1.20 bits per heavy atom. The largest absolute Gasteiger partial charge is 0.423 e. The molecule has 0 saturated heterocycles. The molecular weight excluding hydrogens is 365 g/mol. The third-order valence-corrected chi connectivity index (χ3v) is 3.49. The van der Waals surface area contributed by atoms with Gasteiger partial charge in [0.15, 0.2) is 0 Å². The minimum absolute atomic E-state index is 0.377. The van der Waals surface area contributed by atoms with Crippen LogP contribution in [-0.2, 0) is 6.54 Å². The van der Waals surface area contributed by atoms with Crippen molar-refractivity contribution in [1.29, 1.82) is 0 Å². The maximum absolute atomic E-state index is 5.66. The van der Waals surface area contributed by atoms with E-state index in [-0.39, 0.29) is 0 Å². The van der Waals surface area contributed by atoms with Crippen LogP contribution < -0.4 is 10.1 Å². The zero-order valence-corrected chi connectivity index (χ0v) is 13.8. The summed E-state index contributed by atoms with van der Waals surface area (Å²) in [5.74, 6) is 1.41. The Bertz CT molecular complexity index is 543. The topological polar surface area (TPSA) is 47.0 Å². The molecule has 1 aromatic carbocycles. The Morgan fingerprint density at radius 3 is 2.55 bits per heavy atom. The van der Waals surface area contributed by atoms with Crippen LogP contribution in [0.25, 0.3) is 0 Å². The zero-order valence-electron chi connectivity index (χ0n) is 11.6. The number of halogens is 1. The molecule has 0 radical (unpaired) electrons. The van der Waals surface area contributed by atoms with Crippen molar-refractivity contribution < 1.29 is 4.74 Å². The lowest BCUT2D eigenvalue weighted by atomic mass is 10.2. The number of hydrogen-bond acceptors (Lipinski definition) is 4. The average Bonchev–Trinajstić information content (AvgIpc) is 2.43. The molecule has 0 unspecified atom stereocenters. The van der Waals surface area contributed by atoms with E-state index >= 15 is 0 Å². The van der Waals surface area contributed by atoms with Gasteiger partial charge in [0.1, 0.15) is 5.75 Å². The van der Waals surface area contributed by atoms with Gasteiger partial charge in [-0.15, -0.1) is 0 Å². The highest BCUT2D eigenvalue weighted by molar-refractivity contribution is 14.1. The van der Waals surface area contributed by atoms with Gasteiger partial charge in [0.2, 0.25) is 0 Å². The second kappa shape index (κ2) is 7.54. The van der Waals surface area contributed by atoms with Gasteiger partial charge in [-0.25, -0.2) is 9.97 Å². The van der Waals surface area contributed by atoms with Gasteiger partial charge in [0, 0.05) is 24.5 Å². The number of aromatic nitrogens is 2. The van der Waals surface area contributed by atoms with Gasteiger partial charge in [0.05, 0.1) is 3.57 Å². The molecule has 0 aliphatic rings. The predicted octanol–water partition coefficient (Wildman–Crippen LogP) is 3.62. The lowest BCUT2D eigenvalue weighted by Gasteiger charge is -2.08. The summed E-state index contributed by atoms with van der Waals surface area (Å²) in [7, 11) is 0. The monoisotopic (exact) mass is 383 g/mol. The van der Waals surface area contributed by atoms with Crippen LogP contribution >= 0.6 is 22.6 Å². The van der Waals surface area contributed by atoms with Crippen molar-refractivity contribution in [3.8, 4) is 11.8 Å². The third kappa shape index (κ3) is 4.72. The first-order valence-electron chi connectivity index (χ1n) is 6.59. The molecule has 1 N–H and O–H groups in total. The summed E-state index contributed by atoms with van der Waals surface area (Å²) in [6, 6.07) is 8.17. The van der Waals surface area contributed by atoms with Crippen molar-refractivity contribution in [2.75, 3.05) is 6.54 Å². The number of benzene rings is 1. The number of hydrogen-bond donors (Lipinski definition) is 1. The Kier molecular flexibility index (Phi) is 5.72. The number of nitrogens with zero attached hydrogens (tertiary/aromatic N) is 2. The molecule has 106 valence electrons. The van der Waals surface area contributed by atoms with Crippen LogP contribution in [0.4, 0.5) is 0 Å². The molecule has 0 amide bonds. The number of rotatable bonds is 6. The molecule has 2 aromatic rings. The fourth-order valence-electron chi connectivity index (χ4n) is 1.62. The summed E-state index contributed by atoms with van der Waals surface area (Å²) in [6.45, 7) is 6.13. The van der Waals surface area contributed by atoms with Gasteiger partial charge in [-0.1, -0.05) is 26.0 Å². The highest BCUT2D eigenvalue weighted by atomic mass is 127. The van der Waals surface area contributed by atoms with E-state index in [2.05, 4.69) is 51.7 Å². The minimum Gasteiger partial charge on any atom is -0.423 e. The van der Waals surface area contributed by atoms with E-state index in [0.29, 0.717) is 11.9 Å². The van der Waals surface area contributed by atoms with Crippen molar-refractivity contribution in [1.82, 2.24) is 15.3 Å². The highest BCUT2D eigenvalue weighted by Crippen LogP contribution is 2.23. The van der Waals surface area contributed by atoms with Crippen LogP contribution in [0.1, 0.15) is 19.4 Å². The molecule has 0 atom stereocenters. The Hall–Kier alpha value is -1.21. The van der Waals surface area contributed by atoms with E-state index in [1.165, 1.54) is 0 Å². The van der Waals surface area contributed by atoms with E-state index in [1.807, 2.05) is 24.3 Å². The fraction of sp³-hybridized carbons (Fsp3) is 0.333. The SMILES string of the molecule is CC(C)CNCc1cnc(Oc2ccccc2I)nc1. The Morgan fingerprint density at radius 2 is 1.90 bits per heavy atom. The first-order chi connectivity index (χ1) is 9.65. The van der Waals surface area contributed by atoms with E-state index in [1.54, 1.807) is 12.4 Å². The van der Waals surface area contributed by atoms with Gasteiger partial charge in [0.25, 0.3) is 0 Å². The molecule has 2 rings (SSSR count). The van der Waals surface area contributed by atoms with Crippen molar-refractivity contribution in [3.63, 3.8) is 0 Å². The van der Waals surface area contributed by atoms with Crippen LogP contribution in [0.3, 0.4) is 0 Å². The van der Waals surface area contributed by atoms with Crippen LogP contribution in [0.5, 0.6) is 11.8 Å². The summed E-state index contributed by atoms with van der Waals surface area (Å²) in [5, 5.41) is 3.36. The second-order valence-corrected chi connectivity index (χ2v) is 6.09. The maximum Gasteiger partial charge on any atom is 0.321 e. The number of nitrogens with one attached hydrogen (secondary N) is 1. The lowest BCUT2D eigenvalue weighted by molar-refractivity contribution is 0.437. The molecule has 0 aliphatic carbocycles. The molecule has 1 aromatic heterocycles. The van der Waals surface area contributed by atoms with Crippen molar-refractivity contribution in [3.05, 3.63) is 45.8 Å². The third-order valence-electron chi connectivity index (χ3n) is 2.60. The second-order valence-electron chi connectivity index (χ2n) is 4.93. The Labute approximate surface area is 133 Å². The van der Waals surface area contributed by atoms with Crippen LogP contribution in [0.2, 0.25) is 0 Å². The molecular formula is C15H18IN3O. The Balaban J connectivity index is 1.93. The molecule has 0 fully saturated rings. The normalized spacial score (nSPS) is 10.8. The molecule has 4 nitrogen and oxygen atoms in total. The first-order valence-corrected chi connectivity index (χ1v) is 7.67. The van der Waals surface area contributed by atoms with Gasteiger partial charge in [-0.2, -0.15) is 0 Å². The van der Waals surface area contributed by atoms with Crippen molar-refractivity contribution in [2.24, 2.45) is 5.92 Å². The minimum atomic E-state index is 0.377. The van der Waals surface area contributed by atoms with Crippen molar-refractivity contribution >= 4 is 22.6 Å². The smallest absolute Gasteiger partial charge is 0.321 e. The highest BCUT2D eigenvalue weighted by Gasteiger charge is 2.04. The van der Waals surface area contributed by atoms with Gasteiger partial charge in [-0.05, 0) is 47.2 Å². The van der Waals surface area contributed by atoms with E-state index < -0.39 is 0 Å². The first kappa shape index (κ1) is 15.2. The number of ether oxygens (including phenoxy) is 1.